The number of hydrogen-bond donors (Lipinski definition) is 1. The second kappa shape index (κ2) is 5.74. The van der Waals surface area contributed by atoms with Crippen LogP contribution >= 0.6 is 0 Å². The molecule has 0 aromatic heterocycles. The Bertz CT molecular complexity index is 456. The molecular weight excluding hydrogens is 250 g/mol. The van der Waals surface area contributed by atoms with Crippen molar-refractivity contribution in [3.63, 3.8) is 0 Å². The Morgan fingerprint density at radius 3 is 2.80 bits per heavy atom. The lowest BCUT2D eigenvalue weighted by Crippen LogP contribution is -2.41. The fraction of sp³-hybridized carbons (Fsp3) is 0.647. The first-order chi connectivity index (χ1) is 9.66. The summed E-state index contributed by atoms with van der Waals surface area (Å²) in [4.78, 5) is 2.47. The molecule has 1 saturated carbocycles. The van der Waals surface area contributed by atoms with E-state index in [9.17, 15) is 5.11 Å². The molecule has 0 radical (unpaired) electrons. The van der Waals surface area contributed by atoms with E-state index in [1.54, 1.807) is 0 Å². The maximum atomic E-state index is 10.7. The molecule has 0 spiro atoms. The molecule has 1 saturated heterocycles. The molecule has 0 bridgehead atoms. The molecule has 1 heterocycles. The van der Waals surface area contributed by atoms with Gasteiger partial charge in [0.15, 0.2) is 0 Å². The van der Waals surface area contributed by atoms with Gasteiger partial charge in [-0.05, 0) is 37.8 Å². The predicted octanol–water partition coefficient (Wildman–Crippen LogP) is 2.75. The molecule has 110 valence electrons. The average Bonchev–Trinajstić information content (AvgIpc) is 3.08. The summed E-state index contributed by atoms with van der Waals surface area (Å²) in [6.45, 7) is 4.22. The Morgan fingerprint density at radius 2 is 2.05 bits per heavy atom. The molecule has 1 aliphatic heterocycles. The molecule has 3 rings (SSSR count). The third-order valence-electron chi connectivity index (χ3n) is 4.79. The van der Waals surface area contributed by atoms with E-state index in [0.717, 1.165) is 30.8 Å². The summed E-state index contributed by atoms with van der Waals surface area (Å²) in [6.07, 6.45) is 6.12. The van der Waals surface area contributed by atoms with Gasteiger partial charge in [0.2, 0.25) is 0 Å². The minimum atomic E-state index is -0.676. The summed E-state index contributed by atoms with van der Waals surface area (Å²) in [5.41, 5.74) is 0.451. The van der Waals surface area contributed by atoms with Gasteiger partial charge in [-0.3, -0.25) is 4.90 Å². The van der Waals surface area contributed by atoms with Crippen LogP contribution in [-0.4, -0.2) is 41.3 Å². The Hall–Kier alpha value is -1.06. The molecule has 1 aromatic rings. The van der Waals surface area contributed by atoms with Gasteiger partial charge in [-0.25, -0.2) is 0 Å². The molecule has 1 atom stereocenters. The third kappa shape index (κ3) is 2.99. The zero-order chi connectivity index (χ0) is 14.0. The van der Waals surface area contributed by atoms with Crippen LogP contribution in [0.5, 0.6) is 5.75 Å². The van der Waals surface area contributed by atoms with Crippen molar-refractivity contribution in [3.8, 4) is 5.75 Å². The summed E-state index contributed by atoms with van der Waals surface area (Å²) < 4.78 is 5.86. The van der Waals surface area contributed by atoms with E-state index >= 15 is 0 Å². The molecule has 1 aliphatic carbocycles. The number of rotatable bonds is 4. The first kappa shape index (κ1) is 13.9. The van der Waals surface area contributed by atoms with E-state index in [1.165, 1.54) is 25.7 Å². The zero-order valence-corrected chi connectivity index (χ0v) is 12.3. The average molecular weight is 275 g/mol. The minimum Gasteiger partial charge on any atom is -0.490 e. The van der Waals surface area contributed by atoms with Gasteiger partial charge in [0, 0.05) is 19.1 Å². The summed E-state index contributed by atoms with van der Waals surface area (Å²) in [7, 11) is 0. The van der Waals surface area contributed by atoms with Crippen LogP contribution in [0.15, 0.2) is 24.3 Å². The Balaban J connectivity index is 1.56. The summed E-state index contributed by atoms with van der Waals surface area (Å²) in [6, 6.07) is 8.70. The topological polar surface area (TPSA) is 32.7 Å². The monoisotopic (exact) mass is 275 g/mol. The Morgan fingerprint density at radius 1 is 1.30 bits per heavy atom. The lowest BCUT2D eigenvalue weighted by molar-refractivity contribution is 0.000473. The summed E-state index contributed by atoms with van der Waals surface area (Å²) in [5, 5.41) is 10.7. The van der Waals surface area contributed by atoms with Crippen LogP contribution in [0.1, 0.15) is 37.7 Å². The van der Waals surface area contributed by atoms with E-state index in [0.29, 0.717) is 12.6 Å². The number of benzene rings is 1. The Kier molecular flexibility index (Phi) is 3.99. The molecule has 1 N–H and O–H groups in total. The van der Waals surface area contributed by atoms with Crippen LogP contribution in [0.2, 0.25) is 0 Å². The van der Waals surface area contributed by atoms with Gasteiger partial charge < -0.3 is 9.84 Å². The smallest absolute Gasteiger partial charge is 0.122 e. The van der Waals surface area contributed by atoms with Gasteiger partial charge >= 0.3 is 0 Å². The fourth-order valence-corrected chi connectivity index (χ4v) is 3.52. The Labute approximate surface area is 121 Å². The number of hydrogen-bond acceptors (Lipinski definition) is 3. The molecule has 20 heavy (non-hydrogen) atoms. The third-order valence-corrected chi connectivity index (χ3v) is 4.79. The number of likely N-dealkylation sites (tertiary alicyclic amines) is 1. The molecule has 0 amide bonds. The molecular formula is C17H25NO2. The van der Waals surface area contributed by atoms with Gasteiger partial charge in [0.25, 0.3) is 0 Å². The van der Waals surface area contributed by atoms with E-state index in [1.807, 2.05) is 31.2 Å². The van der Waals surface area contributed by atoms with Crippen molar-refractivity contribution in [1.82, 2.24) is 4.90 Å². The standard InChI is InChI=1S/C17H25NO2/c1-14-6-2-5-9-16(14)20-13-17(19)10-11-18(12-17)15-7-3-4-8-15/h2,5-6,9,15,19H,3-4,7-8,10-13H2,1H3. The van der Waals surface area contributed by atoms with Crippen LogP contribution in [0, 0.1) is 6.92 Å². The summed E-state index contributed by atoms with van der Waals surface area (Å²) >= 11 is 0. The number of para-hydroxylation sites is 1. The first-order valence-corrected chi connectivity index (χ1v) is 7.81. The lowest BCUT2D eigenvalue weighted by Gasteiger charge is -2.27. The van der Waals surface area contributed by atoms with Crippen molar-refractivity contribution in [2.75, 3.05) is 19.7 Å². The van der Waals surface area contributed by atoms with Crippen LogP contribution in [0.4, 0.5) is 0 Å². The van der Waals surface area contributed by atoms with E-state index in [-0.39, 0.29) is 0 Å². The molecule has 1 aromatic carbocycles. The highest BCUT2D eigenvalue weighted by atomic mass is 16.5. The largest absolute Gasteiger partial charge is 0.490 e. The lowest BCUT2D eigenvalue weighted by atomic mass is 10.1. The maximum Gasteiger partial charge on any atom is 0.122 e. The highest BCUT2D eigenvalue weighted by molar-refractivity contribution is 5.31. The normalized spacial score (nSPS) is 28.1. The van der Waals surface area contributed by atoms with Crippen LogP contribution in [-0.2, 0) is 0 Å². The maximum absolute atomic E-state index is 10.7. The van der Waals surface area contributed by atoms with Crippen LogP contribution in [0.25, 0.3) is 0 Å². The van der Waals surface area contributed by atoms with Gasteiger partial charge in [-0.2, -0.15) is 0 Å². The molecule has 1 unspecified atom stereocenters. The van der Waals surface area contributed by atoms with Crippen molar-refractivity contribution >= 4 is 0 Å². The molecule has 3 heteroatoms. The van der Waals surface area contributed by atoms with Crippen LogP contribution < -0.4 is 4.74 Å². The van der Waals surface area contributed by atoms with Gasteiger partial charge in [0.05, 0.1) is 0 Å². The second-order valence-corrected chi connectivity index (χ2v) is 6.44. The van der Waals surface area contributed by atoms with E-state index in [2.05, 4.69) is 4.90 Å². The molecule has 2 aliphatic rings. The second-order valence-electron chi connectivity index (χ2n) is 6.44. The highest BCUT2D eigenvalue weighted by Gasteiger charge is 2.40. The summed E-state index contributed by atoms with van der Waals surface area (Å²) in [5.74, 6) is 0.889. The van der Waals surface area contributed by atoms with Crippen molar-refractivity contribution in [3.05, 3.63) is 29.8 Å². The van der Waals surface area contributed by atoms with Crippen molar-refractivity contribution < 1.29 is 9.84 Å². The molecule has 2 fully saturated rings. The minimum absolute atomic E-state index is 0.404. The van der Waals surface area contributed by atoms with E-state index < -0.39 is 5.60 Å². The highest BCUT2D eigenvalue weighted by Crippen LogP contribution is 2.31. The number of aryl methyl sites for hydroxylation is 1. The molecule has 3 nitrogen and oxygen atoms in total. The number of nitrogens with zero attached hydrogens (tertiary/aromatic N) is 1. The van der Waals surface area contributed by atoms with Crippen molar-refractivity contribution in [2.45, 2.75) is 50.7 Å². The van der Waals surface area contributed by atoms with Gasteiger partial charge in [-0.1, -0.05) is 31.0 Å². The number of ether oxygens (including phenoxy) is 1. The SMILES string of the molecule is Cc1ccccc1OCC1(O)CCN(C2CCCC2)C1. The van der Waals surface area contributed by atoms with Gasteiger partial charge in [-0.15, -0.1) is 0 Å². The van der Waals surface area contributed by atoms with Crippen molar-refractivity contribution in [1.29, 1.82) is 0 Å². The first-order valence-electron chi connectivity index (χ1n) is 7.81. The quantitative estimate of drug-likeness (QED) is 0.917. The van der Waals surface area contributed by atoms with Crippen molar-refractivity contribution in [2.24, 2.45) is 0 Å². The predicted molar refractivity (Wildman–Crippen MR) is 80.1 cm³/mol. The zero-order valence-electron chi connectivity index (χ0n) is 12.3. The fourth-order valence-electron chi connectivity index (χ4n) is 3.52. The number of aliphatic hydroxyl groups is 1. The number of β-amino-alcohol motifs (C(OH)–C–C–N with tert-alkyl or cyclic N) is 1. The van der Waals surface area contributed by atoms with E-state index in [4.69, 9.17) is 4.74 Å². The van der Waals surface area contributed by atoms with Gasteiger partial charge in [0.1, 0.15) is 18.0 Å². The van der Waals surface area contributed by atoms with Crippen LogP contribution in [0.3, 0.4) is 0 Å².